The van der Waals surface area contributed by atoms with Crippen LogP contribution in [0.1, 0.15) is 32.6 Å². The summed E-state index contributed by atoms with van der Waals surface area (Å²) in [6.07, 6.45) is 3.68. The van der Waals surface area contributed by atoms with Crippen molar-refractivity contribution in [3.05, 3.63) is 29.6 Å². The van der Waals surface area contributed by atoms with Crippen LogP contribution in [0.3, 0.4) is 0 Å². The number of thiazole rings is 1. The Morgan fingerprint density at radius 3 is 2.83 bits per heavy atom. The van der Waals surface area contributed by atoms with Crippen LogP contribution in [0.25, 0.3) is 11.3 Å². The molecule has 1 fully saturated rings. The van der Waals surface area contributed by atoms with Crippen LogP contribution in [0.2, 0.25) is 0 Å². The van der Waals surface area contributed by atoms with Crippen molar-refractivity contribution in [1.82, 2.24) is 4.98 Å². The van der Waals surface area contributed by atoms with E-state index in [1.807, 2.05) is 36.6 Å². The van der Waals surface area contributed by atoms with Crippen molar-refractivity contribution in [2.75, 3.05) is 11.9 Å². The first kappa shape index (κ1) is 16.9. The molecule has 24 heavy (non-hydrogen) atoms. The fraction of sp³-hybridized carbons (Fsp3) is 0.444. The summed E-state index contributed by atoms with van der Waals surface area (Å²) < 4.78 is 5.44. The highest BCUT2D eigenvalue weighted by atomic mass is 32.1. The van der Waals surface area contributed by atoms with Crippen molar-refractivity contribution in [2.24, 2.45) is 11.7 Å². The molecule has 1 saturated carbocycles. The molecule has 3 rings (SSSR count). The molecule has 1 aliphatic carbocycles. The number of ether oxygens (including phenoxy) is 1. The molecule has 1 aromatic carbocycles. The average Bonchev–Trinajstić information content (AvgIpc) is 3.18. The van der Waals surface area contributed by atoms with Crippen LogP contribution in [0.15, 0.2) is 29.6 Å². The number of anilines is 1. The number of benzene rings is 1. The van der Waals surface area contributed by atoms with Gasteiger partial charge in [0.05, 0.1) is 12.3 Å². The zero-order valence-corrected chi connectivity index (χ0v) is 14.6. The molecule has 0 unspecified atom stereocenters. The third-order valence-corrected chi connectivity index (χ3v) is 5.13. The second-order valence-corrected chi connectivity index (χ2v) is 6.96. The monoisotopic (exact) mass is 345 g/mol. The Kier molecular flexibility index (Phi) is 5.48. The molecule has 0 aliphatic heterocycles. The number of amides is 1. The Labute approximate surface area is 146 Å². The standard InChI is InChI=1S/C18H23N3O2S/c1-2-23-14-8-6-12(7-9-14)16-11-24-18(20-16)21-17(22)10-13-4-3-5-15(13)19/h6-9,11,13,15H,2-5,10,19H2,1H3,(H,20,21,22)/t13-,15+/m0/s1. The van der Waals surface area contributed by atoms with E-state index in [1.54, 1.807) is 0 Å². The molecule has 3 N–H and O–H groups in total. The van der Waals surface area contributed by atoms with Crippen molar-refractivity contribution >= 4 is 22.4 Å². The Morgan fingerprint density at radius 1 is 1.38 bits per heavy atom. The third kappa shape index (κ3) is 4.13. The van der Waals surface area contributed by atoms with Gasteiger partial charge in [-0.15, -0.1) is 11.3 Å². The summed E-state index contributed by atoms with van der Waals surface area (Å²) in [5.41, 5.74) is 7.90. The van der Waals surface area contributed by atoms with Crippen LogP contribution in [-0.2, 0) is 4.79 Å². The first-order chi connectivity index (χ1) is 11.7. The summed E-state index contributed by atoms with van der Waals surface area (Å²) in [5.74, 6) is 1.15. The number of nitrogens with two attached hydrogens (primary N) is 1. The number of nitrogens with one attached hydrogen (secondary N) is 1. The topological polar surface area (TPSA) is 77.2 Å². The molecule has 0 saturated heterocycles. The summed E-state index contributed by atoms with van der Waals surface area (Å²) in [7, 11) is 0. The highest BCUT2D eigenvalue weighted by Crippen LogP contribution is 2.29. The summed E-state index contributed by atoms with van der Waals surface area (Å²) in [6, 6.07) is 7.97. The van der Waals surface area contributed by atoms with Gasteiger partial charge in [0.25, 0.3) is 0 Å². The van der Waals surface area contributed by atoms with Gasteiger partial charge in [0.2, 0.25) is 5.91 Å². The van der Waals surface area contributed by atoms with Crippen LogP contribution in [0, 0.1) is 5.92 Å². The van der Waals surface area contributed by atoms with Crippen molar-refractivity contribution in [3.63, 3.8) is 0 Å². The summed E-state index contributed by atoms with van der Waals surface area (Å²) in [4.78, 5) is 16.7. The molecule has 0 bridgehead atoms. The minimum atomic E-state index is 0.00458. The molecule has 1 amide bonds. The van der Waals surface area contributed by atoms with E-state index in [0.29, 0.717) is 24.1 Å². The van der Waals surface area contributed by atoms with E-state index in [1.165, 1.54) is 11.3 Å². The quantitative estimate of drug-likeness (QED) is 0.837. The minimum absolute atomic E-state index is 0.00458. The van der Waals surface area contributed by atoms with Crippen molar-refractivity contribution in [1.29, 1.82) is 0 Å². The summed E-state index contributed by atoms with van der Waals surface area (Å²) >= 11 is 1.44. The van der Waals surface area contributed by atoms with Gasteiger partial charge in [-0.25, -0.2) is 4.98 Å². The summed E-state index contributed by atoms with van der Waals surface area (Å²) in [6.45, 7) is 2.61. The molecule has 1 aliphatic rings. The van der Waals surface area contributed by atoms with Crippen LogP contribution >= 0.6 is 11.3 Å². The Hall–Kier alpha value is -1.92. The lowest BCUT2D eigenvalue weighted by Gasteiger charge is -2.13. The number of hydrogen-bond donors (Lipinski definition) is 2. The lowest BCUT2D eigenvalue weighted by molar-refractivity contribution is -0.117. The number of carbonyl (C=O) groups excluding carboxylic acids is 1. The molecule has 0 radical (unpaired) electrons. The molecule has 6 heteroatoms. The van der Waals surface area contributed by atoms with Crippen molar-refractivity contribution in [2.45, 2.75) is 38.6 Å². The van der Waals surface area contributed by atoms with E-state index >= 15 is 0 Å². The highest BCUT2D eigenvalue weighted by Gasteiger charge is 2.26. The highest BCUT2D eigenvalue weighted by molar-refractivity contribution is 7.14. The van der Waals surface area contributed by atoms with Gasteiger partial charge in [-0.05, 0) is 49.9 Å². The third-order valence-electron chi connectivity index (χ3n) is 4.38. The molecule has 2 atom stereocenters. The number of hydrogen-bond acceptors (Lipinski definition) is 5. The minimum Gasteiger partial charge on any atom is -0.494 e. The largest absolute Gasteiger partial charge is 0.494 e. The van der Waals surface area contributed by atoms with Gasteiger partial charge in [0.15, 0.2) is 5.13 Å². The van der Waals surface area contributed by atoms with Gasteiger partial charge in [0.1, 0.15) is 5.75 Å². The van der Waals surface area contributed by atoms with Crippen LogP contribution in [0.5, 0.6) is 5.75 Å². The van der Waals surface area contributed by atoms with Crippen LogP contribution < -0.4 is 15.8 Å². The number of aromatic nitrogens is 1. The molecular weight excluding hydrogens is 322 g/mol. The lowest BCUT2D eigenvalue weighted by Crippen LogP contribution is -2.28. The summed E-state index contributed by atoms with van der Waals surface area (Å²) in [5, 5.41) is 5.49. The fourth-order valence-electron chi connectivity index (χ4n) is 3.08. The predicted octanol–water partition coefficient (Wildman–Crippen LogP) is 3.66. The predicted molar refractivity (Wildman–Crippen MR) is 97.3 cm³/mol. The zero-order valence-electron chi connectivity index (χ0n) is 13.8. The van der Waals surface area contributed by atoms with E-state index < -0.39 is 0 Å². The molecule has 2 aromatic rings. The molecule has 128 valence electrons. The molecule has 1 aromatic heterocycles. The van der Waals surface area contributed by atoms with E-state index in [2.05, 4.69) is 10.3 Å². The van der Waals surface area contributed by atoms with E-state index in [-0.39, 0.29) is 11.9 Å². The maximum Gasteiger partial charge on any atom is 0.226 e. The van der Waals surface area contributed by atoms with Gasteiger partial charge >= 0.3 is 0 Å². The van der Waals surface area contributed by atoms with Gasteiger partial charge in [-0.1, -0.05) is 6.42 Å². The normalized spacial score (nSPS) is 20.1. The first-order valence-electron chi connectivity index (χ1n) is 8.40. The molecular formula is C18H23N3O2S. The van der Waals surface area contributed by atoms with Crippen molar-refractivity contribution < 1.29 is 9.53 Å². The average molecular weight is 345 g/mol. The Balaban J connectivity index is 1.59. The number of nitrogens with zero attached hydrogens (tertiary/aromatic N) is 1. The smallest absolute Gasteiger partial charge is 0.226 e. The van der Waals surface area contributed by atoms with Crippen LogP contribution in [-0.4, -0.2) is 23.5 Å². The fourth-order valence-corrected chi connectivity index (χ4v) is 3.82. The first-order valence-corrected chi connectivity index (χ1v) is 9.28. The van der Waals surface area contributed by atoms with Gasteiger partial charge < -0.3 is 15.8 Å². The zero-order chi connectivity index (χ0) is 16.9. The van der Waals surface area contributed by atoms with Gasteiger partial charge in [-0.3, -0.25) is 4.79 Å². The Morgan fingerprint density at radius 2 is 2.17 bits per heavy atom. The van der Waals surface area contributed by atoms with Crippen molar-refractivity contribution in [3.8, 4) is 17.0 Å². The van der Waals surface area contributed by atoms with Gasteiger partial charge in [0, 0.05) is 23.4 Å². The number of rotatable bonds is 6. The second kappa shape index (κ2) is 7.77. The maximum absolute atomic E-state index is 12.2. The van der Waals surface area contributed by atoms with E-state index in [4.69, 9.17) is 10.5 Å². The Bertz CT molecular complexity index is 684. The van der Waals surface area contributed by atoms with E-state index in [9.17, 15) is 4.79 Å². The van der Waals surface area contributed by atoms with Gasteiger partial charge in [-0.2, -0.15) is 0 Å². The lowest BCUT2D eigenvalue weighted by atomic mass is 10.00. The molecule has 5 nitrogen and oxygen atoms in total. The van der Waals surface area contributed by atoms with Crippen LogP contribution in [0.4, 0.5) is 5.13 Å². The number of carbonyl (C=O) groups is 1. The maximum atomic E-state index is 12.2. The SMILES string of the molecule is CCOc1ccc(-c2csc(NC(=O)C[C@@H]3CCC[C@H]3N)n2)cc1. The molecule has 1 heterocycles. The second-order valence-electron chi connectivity index (χ2n) is 6.10. The van der Waals surface area contributed by atoms with E-state index in [0.717, 1.165) is 36.3 Å². The molecule has 0 spiro atoms.